The van der Waals surface area contributed by atoms with Crippen LogP contribution in [0.1, 0.15) is 50.6 Å². The van der Waals surface area contributed by atoms with Crippen LogP contribution in [0.4, 0.5) is 5.69 Å². The zero-order valence-electron chi connectivity index (χ0n) is 11.8. The van der Waals surface area contributed by atoms with Gasteiger partial charge in [-0.05, 0) is 37.9 Å². The first kappa shape index (κ1) is 13.4. The molecule has 18 heavy (non-hydrogen) atoms. The van der Waals surface area contributed by atoms with Crippen LogP contribution >= 0.6 is 0 Å². The molecule has 1 aliphatic heterocycles. The fourth-order valence-corrected chi connectivity index (χ4v) is 2.92. The molecule has 1 aromatic rings. The quantitative estimate of drug-likeness (QED) is 0.796. The average Bonchev–Trinajstić information content (AvgIpc) is 2.59. The van der Waals surface area contributed by atoms with E-state index in [-0.39, 0.29) is 0 Å². The van der Waals surface area contributed by atoms with E-state index in [1.807, 2.05) is 0 Å². The van der Waals surface area contributed by atoms with Crippen molar-refractivity contribution >= 4 is 5.69 Å². The van der Waals surface area contributed by atoms with Crippen LogP contribution in [0.3, 0.4) is 0 Å². The number of hydrogen-bond acceptors (Lipinski definition) is 2. The van der Waals surface area contributed by atoms with E-state index in [1.54, 1.807) is 0 Å². The maximum atomic E-state index is 3.46. The molecule has 1 unspecified atom stereocenters. The number of fused-ring (bicyclic) bond motifs is 1. The fraction of sp³-hybridized carbons (Fsp3) is 0.625. The van der Waals surface area contributed by atoms with E-state index >= 15 is 0 Å². The number of anilines is 1. The molecule has 1 aromatic carbocycles. The number of para-hydroxylation sites is 1. The smallest absolute Gasteiger partial charge is 0.0414 e. The van der Waals surface area contributed by atoms with Gasteiger partial charge in [0, 0.05) is 24.8 Å². The molecule has 1 aliphatic rings. The first-order valence-corrected chi connectivity index (χ1v) is 7.38. The molecular weight excluding hydrogens is 220 g/mol. The number of hydrogen-bond donors (Lipinski definition) is 1. The molecule has 0 radical (unpaired) electrons. The highest BCUT2D eigenvalue weighted by Gasteiger charge is 2.20. The molecule has 0 amide bonds. The molecule has 0 fully saturated rings. The number of rotatable bonds is 5. The van der Waals surface area contributed by atoms with Crippen LogP contribution in [-0.4, -0.2) is 20.1 Å². The maximum absolute atomic E-state index is 3.46. The molecule has 0 saturated heterocycles. The van der Waals surface area contributed by atoms with E-state index in [4.69, 9.17) is 0 Å². The molecule has 1 N–H and O–H groups in total. The Hall–Kier alpha value is -1.02. The van der Waals surface area contributed by atoms with E-state index in [0.717, 1.165) is 0 Å². The summed E-state index contributed by atoms with van der Waals surface area (Å²) >= 11 is 0. The third-order valence-corrected chi connectivity index (χ3v) is 3.95. The summed E-state index contributed by atoms with van der Waals surface area (Å²) in [5.41, 5.74) is 2.93. The van der Waals surface area contributed by atoms with Crippen LogP contribution in [0.15, 0.2) is 24.3 Å². The Labute approximate surface area is 111 Å². The second kappa shape index (κ2) is 6.79. The molecule has 1 atom stereocenters. The molecule has 0 saturated carbocycles. The zero-order valence-corrected chi connectivity index (χ0v) is 11.8. The minimum Gasteiger partial charge on any atom is -0.371 e. The molecular formula is C16H26N2. The standard InChI is InChI=1S/C16H26N2/c1-3-4-7-12-18-13-8-10-15(17-2)14-9-5-6-11-16(14)18/h5-6,9,11,15,17H,3-4,7-8,10,12-13H2,1-2H3. The Morgan fingerprint density at radius 3 is 2.89 bits per heavy atom. The van der Waals surface area contributed by atoms with Crippen molar-refractivity contribution in [3.05, 3.63) is 29.8 Å². The third-order valence-electron chi connectivity index (χ3n) is 3.95. The van der Waals surface area contributed by atoms with E-state index in [0.29, 0.717) is 6.04 Å². The van der Waals surface area contributed by atoms with Gasteiger partial charge in [-0.2, -0.15) is 0 Å². The van der Waals surface area contributed by atoms with Crippen molar-refractivity contribution in [3.63, 3.8) is 0 Å². The molecule has 0 bridgehead atoms. The van der Waals surface area contributed by atoms with Gasteiger partial charge in [-0.1, -0.05) is 38.0 Å². The Morgan fingerprint density at radius 1 is 1.28 bits per heavy atom. The Kier molecular flexibility index (Phi) is 5.06. The van der Waals surface area contributed by atoms with Gasteiger partial charge in [-0.25, -0.2) is 0 Å². The van der Waals surface area contributed by atoms with Gasteiger partial charge < -0.3 is 10.2 Å². The molecule has 0 aromatic heterocycles. The van der Waals surface area contributed by atoms with Crippen molar-refractivity contribution in [2.24, 2.45) is 0 Å². The lowest BCUT2D eigenvalue weighted by Crippen LogP contribution is -2.25. The first-order valence-electron chi connectivity index (χ1n) is 7.38. The van der Waals surface area contributed by atoms with Crippen molar-refractivity contribution in [1.29, 1.82) is 0 Å². The second-order valence-corrected chi connectivity index (χ2v) is 5.24. The fourth-order valence-electron chi connectivity index (χ4n) is 2.92. The lowest BCUT2D eigenvalue weighted by atomic mass is 10.0. The molecule has 2 heteroatoms. The van der Waals surface area contributed by atoms with Crippen LogP contribution < -0.4 is 10.2 Å². The maximum Gasteiger partial charge on any atom is 0.0414 e. The van der Waals surface area contributed by atoms with Crippen LogP contribution in [0.25, 0.3) is 0 Å². The van der Waals surface area contributed by atoms with Crippen LogP contribution in [0, 0.1) is 0 Å². The molecule has 100 valence electrons. The minimum atomic E-state index is 0.525. The van der Waals surface area contributed by atoms with Crippen molar-refractivity contribution in [2.75, 3.05) is 25.0 Å². The highest BCUT2D eigenvalue weighted by atomic mass is 15.1. The molecule has 0 spiro atoms. The lowest BCUT2D eigenvalue weighted by Gasteiger charge is -2.25. The number of benzene rings is 1. The van der Waals surface area contributed by atoms with Gasteiger partial charge in [-0.15, -0.1) is 0 Å². The summed E-state index contributed by atoms with van der Waals surface area (Å²) in [5, 5.41) is 3.46. The van der Waals surface area contributed by atoms with Crippen molar-refractivity contribution < 1.29 is 0 Å². The van der Waals surface area contributed by atoms with Crippen LogP contribution in [-0.2, 0) is 0 Å². The second-order valence-electron chi connectivity index (χ2n) is 5.24. The summed E-state index contributed by atoms with van der Waals surface area (Å²) < 4.78 is 0. The number of unbranched alkanes of at least 4 members (excludes halogenated alkanes) is 2. The predicted molar refractivity (Wildman–Crippen MR) is 79.2 cm³/mol. The summed E-state index contributed by atoms with van der Waals surface area (Å²) in [6.07, 6.45) is 6.49. The Balaban J connectivity index is 2.16. The van der Waals surface area contributed by atoms with Gasteiger partial charge in [0.1, 0.15) is 0 Å². The summed E-state index contributed by atoms with van der Waals surface area (Å²) in [6.45, 7) is 4.69. The molecule has 2 rings (SSSR count). The SMILES string of the molecule is CCCCCN1CCCC(NC)c2ccccc21. The van der Waals surface area contributed by atoms with Gasteiger partial charge >= 0.3 is 0 Å². The minimum absolute atomic E-state index is 0.525. The first-order chi connectivity index (χ1) is 8.86. The normalized spacial score (nSPS) is 19.4. The topological polar surface area (TPSA) is 15.3 Å². The lowest BCUT2D eigenvalue weighted by molar-refractivity contribution is 0.540. The number of nitrogens with one attached hydrogen (secondary N) is 1. The van der Waals surface area contributed by atoms with Crippen molar-refractivity contribution in [2.45, 2.75) is 45.1 Å². The Morgan fingerprint density at radius 2 is 2.11 bits per heavy atom. The van der Waals surface area contributed by atoms with Gasteiger partial charge in [0.2, 0.25) is 0 Å². The van der Waals surface area contributed by atoms with Crippen molar-refractivity contribution in [1.82, 2.24) is 5.32 Å². The monoisotopic (exact) mass is 246 g/mol. The van der Waals surface area contributed by atoms with E-state index in [1.165, 1.54) is 56.4 Å². The molecule has 0 aliphatic carbocycles. The predicted octanol–water partition coefficient (Wildman–Crippen LogP) is 3.74. The molecule has 1 heterocycles. The van der Waals surface area contributed by atoms with Gasteiger partial charge in [0.25, 0.3) is 0 Å². The molecule has 2 nitrogen and oxygen atoms in total. The Bertz CT molecular complexity index is 362. The van der Waals surface area contributed by atoms with E-state index < -0.39 is 0 Å². The van der Waals surface area contributed by atoms with E-state index in [2.05, 4.69) is 48.5 Å². The van der Waals surface area contributed by atoms with Crippen LogP contribution in [0.2, 0.25) is 0 Å². The van der Waals surface area contributed by atoms with Crippen LogP contribution in [0.5, 0.6) is 0 Å². The van der Waals surface area contributed by atoms with Gasteiger partial charge in [-0.3, -0.25) is 0 Å². The highest BCUT2D eigenvalue weighted by molar-refractivity contribution is 5.55. The summed E-state index contributed by atoms with van der Waals surface area (Å²) in [4.78, 5) is 2.59. The zero-order chi connectivity index (χ0) is 12.8. The average molecular weight is 246 g/mol. The highest BCUT2D eigenvalue weighted by Crippen LogP contribution is 2.32. The van der Waals surface area contributed by atoms with E-state index in [9.17, 15) is 0 Å². The van der Waals surface area contributed by atoms with Gasteiger partial charge in [0.15, 0.2) is 0 Å². The summed E-state index contributed by atoms with van der Waals surface area (Å²) in [6, 6.07) is 9.44. The number of nitrogens with zero attached hydrogens (tertiary/aromatic N) is 1. The summed E-state index contributed by atoms with van der Waals surface area (Å²) in [5.74, 6) is 0. The third kappa shape index (κ3) is 3.05. The van der Waals surface area contributed by atoms with Crippen molar-refractivity contribution in [3.8, 4) is 0 Å². The summed E-state index contributed by atoms with van der Waals surface area (Å²) in [7, 11) is 2.08. The van der Waals surface area contributed by atoms with Gasteiger partial charge in [0.05, 0.1) is 0 Å². The largest absolute Gasteiger partial charge is 0.371 e.